The topological polar surface area (TPSA) is 49.3 Å². The van der Waals surface area contributed by atoms with E-state index in [0.29, 0.717) is 6.42 Å². The van der Waals surface area contributed by atoms with Gasteiger partial charge in [-0.05, 0) is 56.0 Å². The molecule has 1 saturated heterocycles. The van der Waals surface area contributed by atoms with Gasteiger partial charge in [0, 0.05) is 49.9 Å². The summed E-state index contributed by atoms with van der Waals surface area (Å²) >= 11 is 0. The number of fused-ring (bicyclic) bond motifs is 1. The van der Waals surface area contributed by atoms with Gasteiger partial charge < -0.3 is 9.80 Å². The van der Waals surface area contributed by atoms with E-state index in [1.165, 1.54) is 22.2 Å². The van der Waals surface area contributed by atoms with Gasteiger partial charge in [0.15, 0.2) is 0 Å². The molecule has 0 aliphatic carbocycles. The third kappa shape index (κ3) is 4.24. The first-order chi connectivity index (χ1) is 14.1. The summed E-state index contributed by atoms with van der Waals surface area (Å²) in [7, 11) is 0. The molecule has 1 aromatic carbocycles. The molecule has 1 fully saturated rings. The molecule has 1 aliphatic heterocycles. The first-order valence-electron chi connectivity index (χ1n) is 10.4. The van der Waals surface area contributed by atoms with E-state index in [9.17, 15) is 4.79 Å². The number of carbonyl (C=O) groups excluding carboxylic acids is 1. The second-order valence-electron chi connectivity index (χ2n) is 7.89. The van der Waals surface area contributed by atoms with E-state index in [0.717, 1.165) is 38.0 Å². The molecule has 3 aromatic rings. The summed E-state index contributed by atoms with van der Waals surface area (Å²) in [5.74, 6) is 0.262. The van der Waals surface area contributed by atoms with Crippen LogP contribution in [0.15, 0.2) is 55.0 Å². The van der Waals surface area contributed by atoms with Crippen molar-refractivity contribution >= 4 is 22.5 Å². The van der Waals surface area contributed by atoms with Crippen LogP contribution in [-0.4, -0.2) is 46.5 Å². The van der Waals surface area contributed by atoms with Crippen molar-refractivity contribution in [1.29, 1.82) is 0 Å². The number of amides is 1. The molecular weight excluding hydrogens is 360 g/mol. The molecule has 150 valence electrons. The van der Waals surface area contributed by atoms with Crippen molar-refractivity contribution in [3.8, 4) is 0 Å². The van der Waals surface area contributed by atoms with Crippen molar-refractivity contribution in [1.82, 2.24) is 14.9 Å². The highest BCUT2D eigenvalue weighted by Gasteiger charge is 2.27. The van der Waals surface area contributed by atoms with Crippen LogP contribution in [0.3, 0.4) is 0 Å². The van der Waals surface area contributed by atoms with Crippen LogP contribution in [0.4, 0.5) is 5.69 Å². The predicted molar refractivity (Wildman–Crippen MR) is 117 cm³/mol. The zero-order valence-electron chi connectivity index (χ0n) is 17.2. The fraction of sp³-hybridized carbons (Fsp3) is 0.375. The first kappa shape index (κ1) is 19.4. The molecule has 1 amide bonds. The zero-order chi connectivity index (χ0) is 20.2. The second-order valence-corrected chi connectivity index (χ2v) is 7.89. The second kappa shape index (κ2) is 8.60. The highest BCUT2D eigenvalue weighted by molar-refractivity contribution is 5.82. The number of benzene rings is 1. The molecule has 1 aliphatic rings. The highest BCUT2D eigenvalue weighted by Crippen LogP contribution is 2.23. The molecule has 0 spiro atoms. The Morgan fingerprint density at radius 2 is 2.03 bits per heavy atom. The van der Waals surface area contributed by atoms with E-state index in [4.69, 9.17) is 0 Å². The lowest BCUT2D eigenvalue weighted by atomic mass is 10.0. The maximum atomic E-state index is 12.9. The largest absolute Gasteiger partial charge is 0.366 e. The molecule has 4 rings (SSSR count). The molecule has 0 bridgehead atoms. The number of aryl methyl sites for hydroxylation is 2. The molecule has 3 heterocycles. The number of carbonyl (C=O) groups is 1. The normalized spacial score (nSPS) is 17.0. The van der Waals surface area contributed by atoms with Gasteiger partial charge in [-0.2, -0.15) is 0 Å². The van der Waals surface area contributed by atoms with Crippen LogP contribution in [0.5, 0.6) is 0 Å². The van der Waals surface area contributed by atoms with Crippen molar-refractivity contribution < 1.29 is 4.79 Å². The Morgan fingerprint density at radius 3 is 2.86 bits per heavy atom. The molecule has 5 nitrogen and oxygen atoms in total. The SMILES string of the molecule is Cc1ccncc1N1CCN(C(=O)CCCc2cccc3ncccc23)[C@H](C)C1. The van der Waals surface area contributed by atoms with E-state index >= 15 is 0 Å². The fourth-order valence-corrected chi connectivity index (χ4v) is 4.29. The van der Waals surface area contributed by atoms with E-state index < -0.39 is 0 Å². The molecular formula is C24H28N4O. The highest BCUT2D eigenvalue weighted by atomic mass is 16.2. The summed E-state index contributed by atoms with van der Waals surface area (Å²) in [6, 6.07) is 12.6. The smallest absolute Gasteiger partial charge is 0.222 e. The Labute approximate surface area is 172 Å². The van der Waals surface area contributed by atoms with Crippen LogP contribution < -0.4 is 4.90 Å². The summed E-state index contributed by atoms with van der Waals surface area (Å²) in [5, 5.41) is 1.19. The molecule has 5 heteroatoms. The lowest BCUT2D eigenvalue weighted by Gasteiger charge is -2.41. The summed E-state index contributed by atoms with van der Waals surface area (Å²) in [6.07, 6.45) is 7.93. The minimum atomic E-state index is 0.206. The molecule has 0 saturated carbocycles. The maximum absolute atomic E-state index is 12.9. The minimum Gasteiger partial charge on any atom is -0.366 e. The van der Waals surface area contributed by atoms with Gasteiger partial charge >= 0.3 is 0 Å². The van der Waals surface area contributed by atoms with Gasteiger partial charge in [0.25, 0.3) is 0 Å². The van der Waals surface area contributed by atoms with Crippen LogP contribution in [0.1, 0.15) is 30.9 Å². The molecule has 0 N–H and O–H groups in total. The number of aromatic nitrogens is 2. The third-order valence-electron chi connectivity index (χ3n) is 5.87. The summed E-state index contributed by atoms with van der Waals surface area (Å²) in [6.45, 7) is 6.74. The molecule has 0 unspecified atom stereocenters. The van der Waals surface area contributed by atoms with Gasteiger partial charge in [-0.15, -0.1) is 0 Å². The average molecular weight is 389 g/mol. The van der Waals surface area contributed by atoms with E-state index in [1.807, 2.05) is 47.8 Å². The van der Waals surface area contributed by atoms with E-state index in [-0.39, 0.29) is 11.9 Å². The van der Waals surface area contributed by atoms with Gasteiger partial charge in [0.05, 0.1) is 17.4 Å². The maximum Gasteiger partial charge on any atom is 0.222 e. The Hall–Kier alpha value is -2.95. The van der Waals surface area contributed by atoms with Gasteiger partial charge in [-0.1, -0.05) is 18.2 Å². The Morgan fingerprint density at radius 1 is 1.14 bits per heavy atom. The Bertz CT molecular complexity index is 998. The van der Waals surface area contributed by atoms with Gasteiger partial charge in [-0.25, -0.2) is 0 Å². The number of pyridine rings is 2. The number of rotatable bonds is 5. The Balaban J connectivity index is 1.33. The zero-order valence-corrected chi connectivity index (χ0v) is 17.2. The van der Waals surface area contributed by atoms with Gasteiger partial charge in [0.2, 0.25) is 5.91 Å². The van der Waals surface area contributed by atoms with Crippen LogP contribution in [-0.2, 0) is 11.2 Å². The van der Waals surface area contributed by atoms with Crippen molar-refractivity contribution in [2.45, 2.75) is 39.2 Å². The Kier molecular flexibility index (Phi) is 5.74. The summed E-state index contributed by atoms with van der Waals surface area (Å²) in [4.78, 5) is 25.9. The monoisotopic (exact) mass is 388 g/mol. The van der Waals surface area contributed by atoms with Crippen molar-refractivity contribution in [3.63, 3.8) is 0 Å². The summed E-state index contributed by atoms with van der Waals surface area (Å²) in [5.41, 5.74) is 4.70. The molecule has 0 radical (unpaired) electrons. The van der Waals surface area contributed by atoms with E-state index in [2.05, 4.69) is 40.8 Å². The predicted octanol–water partition coefficient (Wildman–Crippen LogP) is 4.00. The van der Waals surface area contributed by atoms with Crippen LogP contribution in [0, 0.1) is 6.92 Å². The number of hydrogen-bond donors (Lipinski definition) is 0. The first-order valence-corrected chi connectivity index (χ1v) is 10.4. The van der Waals surface area contributed by atoms with Crippen LogP contribution in [0.25, 0.3) is 10.9 Å². The summed E-state index contributed by atoms with van der Waals surface area (Å²) < 4.78 is 0. The number of nitrogens with zero attached hydrogens (tertiary/aromatic N) is 4. The van der Waals surface area contributed by atoms with E-state index in [1.54, 1.807) is 0 Å². The number of piperazine rings is 1. The number of hydrogen-bond acceptors (Lipinski definition) is 4. The number of anilines is 1. The quantitative estimate of drug-likeness (QED) is 0.663. The lowest BCUT2D eigenvalue weighted by molar-refractivity contribution is -0.133. The standard InChI is InChI=1S/C24H28N4O/c1-18-11-13-25-16-23(18)27-14-15-28(19(2)17-27)24(29)10-4-7-20-6-3-9-22-21(20)8-5-12-26-22/h3,5-6,8-9,11-13,16,19H,4,7,10,14-15,17H2,1-2H3/t19-/m1/s1. The third-order valence-corrected chi connectivity index (χ3v) is 5.87. The van der Waals surface area contributed by atoms with Crippen molar-refractivity contribution in [3.05, 3.63) is 66.1 Å². The van der Waals surface area contributed by atoms with Crippen molar-refractivity contribution in [2.75, 3.05) is 24.5 Å². The van der Waals surface area contributed by atoms with Gasteiger partial charge in [0.1, 0.15) is 0 Å². The van der Waals surface area contributed by atoms with Gasteiger partial charge in [-0.3, -0.25) is 14.8 Å². The van der Waals surface area contributed by atoms with Crippen LogP contribution in [0.2, 0.25) is 0 Å². The minimum absolute atomic E-state index is 0.206. The van der Waals surface area contributed by atoms with Crippen molar-refractivity contribution in [2.24, 2.45) is 0 Å². The lowest BCUT2D eigenvalue weighted by Crippen LogP contribution is -2.54. The molecule has 1 atom stereocenters. The molecule has 29 heavy (non-hydrogen) atoms. The van der Waals surface area contributed by atoms with Crippen LogP contribution >= 0.6 is 0 Å². The molecule has 2 aromatic heterocycles. The fourth-order valence-electron chi connectivity index (χ4n) is 4.29. The average Bonchev–Trinajstić information content (AvgIpc) is 2.74.